The average Bonchev–Trinajstić information content (AvgIpc) is 2.95. The van der Waals surface area contributed by atoms with Crippen molar-refractivity contribution in [3.05, 3.63) is 35.9 Å². The van der Waals surface area contributed by atoms with Crippen molar-refractivity contribution in [3.8, 4) is 0 Å². The van der Waals surface area contributed by atoms with Gasteiger partial charge in [0.1, 0.15) is 6.10 Å². The summed E-state index contributed by atoms with van der Waals surface area (Å²) in [6.07, 6.45) is -0.428. The summed E-state index contributed by atoms with van der Waals surface area (Å²) in [7, 11) is 1.33. The van der Waals surface area contributed by atoms with Gasteiger partial charge in [-0.25, -0.2) is 4.79 Å². The Bertz CT molecular complexity index is 480. The topological polar surface area (TPSA) is 66.0 Å². The molecular weight excluding hydrogens is 274 g/mol. The monoisotopic (exact) mass is 293 g/mol. The third-order valence-corrected chi connectivity index (χ3v) is 3.76. The molecule has 4 atom stereocenters. The molecule has 0 aromatic heterocycles. The Morgan fingerprint density at radius 3 is 2.95 bits per heavy atom. The van der Waals surface area contributed by atoms with Gasteiger partial charge in [-0.3, -0.25) is 0 Å². The van der Waals surface area contributed by atoms with E-state index in [-0.39, 0.29) is 18.2 Å². The quantitative estimate of drug-likeness (QED) is 0.910. The number of rotatable bonds is 4. The average molecular weight is 293 g/mol. The standard InChI is InChI=1S/C15H19NO5/c1-18-15(17)16-11-7-12(13-9-20-14(11)21-13)19-8-10-5-3-2-4-6-10/h2-6,11-14H,7-9H2,1H3,(H,16,17)/t11-,12+,13-,14-/m1/s1. The SMILES string of the molecule is COC(=O)N[C@@H]1C[C@H](OCc2ccccc2)[C@H]2CO[C@@H]1O2. The number of nitrogens with one attached hydrogen (secondary N) is 1. The zero-order chi connectivity index (χ0) is 14.7. The molecule has 2 saturated heterocycles. The number of ether oxygens (including phenoxy) is 4. The fourth-order valence-electron chi connectivity index (χ4n) is 2.65. The van der Waals surface area contributed by atoms with Crippen LogP contribution in [0.2, 0.25) is 0 Å². The summed E-state index contributed by atoms with van der Waals surface area (Å²) in [4.78, 5) is 11.4. The summed E-state index contributed by atoms with van der Waals surface area (Å²) in [5.41, 5.74) is 1.11. The van der Waals surface area contributed by atoms with Gasteiger partial charge in [0, 0.05) is 6.42 Å². The van der Waals surface area contributed by atoms with Gasteiger partial charge in [0.2, 0.25) is 0 Å². The van der Waals surface area contributed by atoms with E-state index in [2.05, 4.69) is 10.1 Å². The Labute approximate surface area is 123 Å². The predicted octanol–water partition coefficient (Wildman–Crippen LogP) is 1.44. The number of benzene rings is 1. The van der Waals surface area contributed by atoms with Crippen LogP contribution in [0.4, 0.5) is 4.79 Å². The summed E-state index contributed by atoms with van der Waals surface area (Å²) in [5.74, 6) is 0. The van der Waals surface area contributed by atoms with Crippen molar-refractivity contribution in [3.63, 3.8) is 0 Å². The minimum atomic E-state index is -0.487. The molecule has 114 valence electrons. The largest absolute Gasteiger partial charge is 0.453 e. The van der Waals surface area contributed by atoms with Crippen LogP contribution in [-0.4, -0.2) is 44.3 Å². The van der Waals surface area contributed by atoms with Crippen LogP contribution in [-0.2, 0) is 25.6 Å². The lowest BCUT2D eigenvalue weighted by molar-refractivity contribution is -0.153. The van der Waals surface area contributed by atoms with E-state index in [1.165, 1.54) is 7.11 Å². The third kappa shape index (κ3) is 3.34. The zero-order valence-corrected chi connectivity index (χ0v) is 11.9. The van der Waals surface area contributed by atoms with Crippen LogP contribution in [0, 0.1) is 0 Å². The molecule has 2 heterocycles. The molecule has 0 radical (unpaired) electrons. The molecular formula is C15H19NO5. The zero-order valence-electron chi connectivity index (χ0n) is 11.9. The van der Waals surface area contributed by atoms with E-state index < -0.39 is 12.4 Å². The first-order valence-electron chi connectivity index (χ1n) is 7.03. The summed E-state index contributed by atoms with van der Waals surface area (Å²) in [6.45, 7) is 1.00. The molecule has 21 heavy (non-hydrogen) atoms. The van der Waals surface area contributed by atoms with Gasteiger partial charge in [0.15, 0.2) is 6.29 Å². The molecule has 2 aliphatic heterocycles. The molecule has 6 nitrogen and oxygen atoms in total. The van der Waals surface area contributed by atoms with Gasteiger partial charge in [-0.2, -0.15) is 0 Å². The molecule has 0 saturated carbocycles. The predicted molar refractivity (Wildman–Crippen MR) is 73.6 cm³/mol. The number of alkyl carbamates (subject to hydrolysis) is 1. The number of hydrogen-bond acceptors (Lipinski definition) is 5. The van der Waals surface area contributed by atoms with Crippen LogP contribution in [0.1, 0.15) is 12.0 Å². The summed E-state index contributed by atoms with van der Waals surface area (Å²) >= 11 is 0. The molecule has 0 aliphatic carbocycles. The van der Waals surface area contributed by atoms with E-state index >= 15 is 0 Å². The Balaban J connectivity index is 1.58. The van der Waals surface area contributed by atoms with Gasteiger partial charge in [0.05, 0.1) is 32.5 Å². The second-order valence-corrected chi connectivity index (χ2v) is 5.19. The lowest BCUT2D eigenvalue weighted by Crippen LogP contribution is -2.51. The van der Waals surface area contributed by atoms with E-state index in [4.69, 9.17) is 14.2 Å². The van der Waals surface area contributed by atoms with Crippen molar-refractivity contribution in [1.82, 2.24) is 5.32 Å². The van der Waals surface area contributed by atoms with Crippen molar-refractivity contribution in [2.24, 2.45) is 0 Å². The lowest BCUT2D eigenvalue weighted by atomic mass is 10.0. The smallest absolute Gasteiger partial charge is 0.407 e. The molecule has 1 aromatic carbocycles. The second-order valence-electron chi connectivity index (χ2n) is 5.19. The van der Waals surface area contributed by atoms with E-state index in [9.17, 15) is 4.79 Å². The highest BCUT2D eigenvalue weighted by Crippen LogP contribution is 2.30. The fourth-order valence-corrected chi connectivity index (χ4v) is 2.65. The molecule has 1 aromatic rings. The maximum absolute atomic E-state index is 11.4. The highest BCUT2D eigenvalue weighted by Gasteiger charge is 2.45. The van der Waals surface area contributed by atoms with Crippen molar-refractivity contribution < 1.29 is 23.7 Å². The third-order valence-electron chi connectivity index (χ3n) is 3.76. The highest BCUT2D eigenvalue weighted by molar-refractivity contribution is 5.67. The van der Waals surface area contributed by atoms with Crippen LogP contribution < -0.4 is 5.32 Å². The molecule has 1 N–H and O–H groups in total. The van der Waals surface area contributed by atoms with Crippen molar-refractivity contribution in [2.75, 3.05) is 13.7 Å². The van der Waals surface area contributed by atoms with Crippen LogP contribution in [0.3, 0.4) is 0 Å². The lowest BCUT2D eigenvalue weighted by Gasteiger charge is -2.33. The van der Waals surface area contributed by atoms with E-state index in [0.29, 0.717) is 19.6 Å². The van der Waals surface area contributed by atoms with Gasteiger partial charge in [-0.05, 0) is 5.56 Å². The minimum absolute atomic E-state index is 0.0746. The first-order valence-corrected chi connectivity index (χ1v) is 7.03. The molecule has 0 spiro atoms. The van der Waals surface area contributed by atoms with Gasteiger partial charge >= 0.3 is 6.09 Å². The van der Waals surface area contributed by atoms with Crippen LogP contribution in [0.5, 0.6) is 0 Å². The first kappa shape index (κ1) is 14.3. The van der Waals surface area contributed by atoms with E-state index in [0.717, 1.165) is 5.56 Å². The second kappa shape index (κ2) is 6.43. The fraction of sp³-hybridized carbons (Fsp3) is 0.533. The number of methoxy groups -OCH3 is 1. The van der Waals surface area contributed by atoms with Gasteiger partial charge in [0.25, 0.3) is 0 Å². The number of carbonyl (C=O) groups excluding carboxylic acids is 1. The van der Waals surface area contributed by atoms with Crippen LogP contribution >= 0.6 is 0 Å². The van der Waals surface area contributed by atoms with Crippen molar-refractivity contribution >= 4 is 6.09 Å². The van der Waals surface area contributed by atoms with Crippen LogP contribution in [0.15, 0.2) is 30.3 Å². The molecule has 2 bridgehead atoms. The number of carbonyl (C=O) groups is 1. The molecule has 3 rings (SSSR count). The Morgan fingerprint density at radius 2 is 2.19 bits per heavy atom. The highest BCUT2D eigenvalue weighted by atomic mass is 16.7. The van der Waals surface area contributed by atoms with E-state index in [1.807, 2.05) is 30.3 Å². The van der Waals surface area contributed by atoms with Gasteiger partial charge < -0.3 is 24.3 Å². The summed E-state index contributed by atoms with van der Waals surface area (Å²) < 4.78 is 21.9. The number of hydrogen-bond donors (Lipinski definition) is 1. The Morgan fingerprint density at radius 1 is 1.38 bits per heavy atom. The van der Waals surface area contributed by atoms with E-state index in [1.54, 1.807) is 0 Å². The van der Waals surface area contributed by atoms with Gasteiger partial charge in [-0.15, -0.1) is 0 Å². The maximum atomic E-state index is 11.4. The maximum Gasteiger partial charge on any atom is 0.407 e. The minimum Gasteiger partial charge on any atom is -0.453 e. The Hall–Kier alpha value is -1.63. The Kier molecular flexibility index (Phi) is 4.38. The first-order chi connectivity index (χ1) is 10.3. The number of amides is 1. The molecule has 1 amide bonds. The normalized spacial score (nSPS) is 30.9. The summed E-state index contributed by atoms with van der Waals surface area (Å²) in [5, 5.41) is 2.73. The van der Waals surface area contributed by atoms with Crippen LogP contribution in [0.25, 0.3) is 0 Å². The molecule has 0 unspecified atom stereocenters. The number of fused-ring (bicyclic) bond motifs is 2. The summed E-state index contributed by atoms with van der Waals surface area (Å²) in [6, 6.07) is 9.71. The molecule has 6 heteroatoms. The molecule has 2 aliphatic rings. The molecule has 2 fully saturated rings. The van der Waals surface area contributed by atoms with Crippen molar-refractivity contribution in [1.29, 1.82) is 0 Å². The van der Waals surface area contributed by atoms with Crippen molar-refractivity contribution in [2.45, 2.75) is 37.6 Å². The van der Waals surface area contributed by atoms with Gasteiger partial charge in [-0.1, -0.05) is 30.3 Å².